The lowest BCUT2D eigenvalue weighted by Crippen LogP contribution is -2.55. The van der Waals surface area contributed by atoms with Gasteiger partial charge in [0.1, 0.15) is 0 Å². The van der Waals surface area contributed by atoms with Gasteiger partial charge in [0.05, 0.1) is 11.7 Å². The summed E-state index contributed by atoms with van der Waals surface area (Å²) >= 11 is 0. The summed E-state index contributed by atoms with van der Waals surface area (Å²) in [6.07, 6.45) is 3.93. The first kappa shape index (κ1) is 17.0. The van der Waals surface area contributed by atoms with Gasteiger partial charge in [0.25, 0.3) is 0 Å². The van der Waals surface area contributed by atoms with Crippen LogP contribution in [0.2, 0.25) is 0 Å². The zero-order chi connectivity index (χ0) is 15.9. The molecule has 1 fully saturated rings. The first-order valence-corrected chi connectivity index (χ1v) is 8.41. The molecule has 1 saturated carbocycles. The van der Waals surface area contributed by atoms with Gasteiger partial charge in [-0.05, 0) is 56.8 Å². The van der Waals surface area contributed by atoms with E-state index < -0.39 is 11.7 Å². The fourth-order valence-electron chi connectivity index (χ4n) is 5.00. The van der Waals surface area contributed by atoms with Crippen molar-refractivity contribution in [3.05, 3.63) is 11.6 Å². The summed E-state index contributed by atoms with van der Waals surface area (Å²) in [6.45, 7) is 10.0. The number of aliphatic hydroxyl groups is 3. The number of allylic oxidation sites excluding steroid dienone is 1. The molecule has 2 unspecified atom stereocenters. The number of rotatable bonds is 3. The Balaban J connectivity index is 2.45. The fourth-order valence-corrected chi connectivity index (χ4v) is 5.00. The molecular formula is C18H32O3. The van der Waals surface area contributed by atoms with E-state index in [9.17, 15) is 15.3 Å². The van der Waals surface area contributed by atoms with Crippen LogP contribution in [0.1, 0.15) is 47.5 Å². The van der Waals surface area contributed by atoms with Gasteiger partial charge in [0, 0.05) is 12.5 Å². The number of aliphatic hydroxyl groups excluding tert-OH is 2. The van der Waals surface area contributed by atoms with Crippen molar-refractivity contribution in [1.29, 1.82) is 0 Å². The van der Waals surface area contributed by atoms with E-state index in [1.165, 1.54) is 12.8 Å². The summed E-state index contributed by atoms with van der Waals surface area (Å²) in [5.74, 6) is 1.94. The Hall–Kier alpha value is -0.380. The maximum Gasteiger partial charge on any atom is 0.0943 e. The van der Waals surface area contributed by atoms with E-state index in [0.717, 1.165) is 5.57 Å². The molecule has 8 atom stereocenters. The molecule has 0 aromatic heterocycles. The molecule has 122 valence electrons. The Morgan fingerprint density at radius 3 is 2.38 bits per heavy atom. The third-order valence-corrected chi connectivity index (χ3v) is 6.39. The fraction of sp³-hybridized carbons (Fsp3) is 0.889. The number of hydrogen-bond acceptors (Lipinski definition) is 3. The van der Waals surface area contributed by atoms with Crippen molar-refractivity contribution in [3.63, 3.8) is 0 Å². The second-order valence-electron chi connectivity index (χ2n) is 7.82. The van der Waals surface area contributed by atoms with Crippen LogP contribution in [0.5, 0.6) is 0 Å². The first-order chi connectivity index (χ1) is 9.71. The minimum atomic E-state index is -1.20. The third kappa shape index (κ3) is 2.80. The summed E-state index contributed by atoms with van der Waals surface area (Å²) < 4.78 is 0. The molecule has 3 nitrogen and oxygen atoms in total. The van der Waals surface area contributed by atoms with Crippen LogP contribution in [-0.4, -0.2) is 33.6 Å². The Labute approximate surface area is 129 Å². The van der Waals surface area contributed by atoms with Crippen molar-refractivity contribution >= 4 is 0 Å². The maximum atomic E-state index is 10.8. The maximum absolute atomic E-state index is 10.8. The minimum absolute atomic E-state index is 0.0300. The molecule has 0 spiro atoms. The largest absolute Gasteiger partial charge is 0.396 e. The van der Waals surface area contributed by atoms with Crippen molar-refractivity contribution in [2.75, 3.05) is 6.61 Å². The lowest BCUT2D eigenvalue weighted by Gasteiger charge is -2.53. The normalized spacial score (nSPS) is 44.5. The zero-order valence-corrected chi connectivity index (χ0v) is 14.1. The summed E-state index contributed by atoms with van der Waals surface area (Å²) in [5, 5.41) is 30.9. The van der Waals surface area contributed by atoms with Crippen LogP contribution >= 0.6 is 0 Å². The Bertz CT molecular complexity index is 399. The molecular weight excluding hydrogens is 264 g/mol. The molecule has 0 saturated heterocycles. The summed E-state index contributed by atoms with van der Waals surface area (Å²) in [7, 11) is 0. The molecule has 0 aromatic rings. The molecule has 3 heteroatoms. The Kier molecular flexibility index (Phi) is 4.87. The standard InChI is InChI=1S/C18H32O3/c1-10-6-7-11(2)16-14(10)8-12(3)17(15(16)9-19)18(5,21)13(4)20/h8,10-11,13-17,19-21H,6-7,9H2,1-5H3/t10-,11-,13?,14-,15-,16+,17+,18?/m0/s1. The van der Waals surface area contributed by atoms with Gasteiger partial charge in [-0.25, -0.2) is 0 Å². The number of hydrogen-bond donors (Lipinski definition) is 3. The van der Waals surface area contributed by atoms with Crippen LogP contribution in [-0.2, 0) is 0 Å². The number of fused-ring (bicyclic) bond motifs is 1. The SMILES string of the molecule is CC1=C[C@@H]2[C@H]([C@H](CO)[C@@H]1C(C)(O)C(C)O)[C@@H](C)CC[C@@H]2C. The minimum Gasteiger partial charge on any atom is -0.396 e. The van der Waals surface area contributed by atoms with E-state index in [2.05, 4.69) is 19.9 Å². The molecule has 0 aliphatic heterocycles. The van der Waals surface area contributed by atoms with E-state index >= 15 is 0 Å². The molecule has 2 aliphatic carbocycles. The summed E-state index contributed by atoms with van der Waals surface area (Å²) in [6, 6.07) is 0. The van der Waals surface area contributed by atoms with Crippen LogP contribution in [0.25, 0.3) is 0 Å². The van der Waals surface area contributed by atoms with E-state index in [1.54, 1.807) is 13.8 Å². The topological polar surface area (TPSA) is 60.7 Å². The average Bonchev–Trinajstić information content (AvgIpc) is 2.41. The average molecular weight is 296 g/mol. The molecule has 0 amide bonds. The predicted molar refractivity (Wildman–Crippen MR) is 84.7 cm³/mol. The summed E-state index contributed by atoms with van der Waals surface area (Å²) in [4.78, 5) is 0. The highest BCUT2D eigenvalue weighted by Crippen LogP contribution is 2.52. The highest BCUT2D eigenvalue weighted by Gasteiger charge is 2.51. The van der Waals surface area contributed by atoms with Crippen molar-refractivity contribution in [2.24, 2.45) is 35.5 Å². The van der Waals surface area contributed by atoms with Crippen LogP contribution in [0, 0.1) is 35.5 Å². The van der Waals surface area contributed by atoms with Gasteiger partial charge in [-0.2, -0.15) is 0 Å². The lowest BCUT2D eigenvalue weighted by atomic mass is 9.54. The Morgan fingerprint density at radius 1 is 1.29 bits per heavy atom. The molecule has 21 heavy (non-hydrogen) atoms. The molecule has 0 aromatic carbocycles. The quantitative estimate of drug-likeness (QED) is 0.702. The molecule has 2 aliphatic rings. The first-order valence-electron chi connectivity index (χ1n) is 8.41. The van der Waals surface area contributed by atoms with E-state index in [-0.39, 0.29) is 18.4 Å². The van der Waals surface area contributed by atoms with Gasteiger partial charge in [0.2, 0.25) is 0 Å². The van der Waals surface area contributed by atoms with E-state index in [4.69, 9.17) is 0 Å². The van der Waals surface area contributed by atoms with Crippen LogP contribution in [0.15, 0.2) is 11.6 Å². The van der Waals surface area contributed by atoms with E-state index in [0.29, 0.717) is 23.7 Å². The predicted octanol–water partition coefficient (Wildman–Crippen LogP) is 2.60. The molecule has 2 rings (SSSR count). The van der Waals surface area contributed by atoms with Gasteiger partial charge in [-0.3, -0.25) is 0 Å². The van der Waals surface area contributed by atoms with Gasteiger partial charge < -0.3 is 15.3 Å². The summed E-state index contributed by atoms with van der Waals surface area (Å²) in [5.41, 5.74) is -0.0681. The van der Waals surface area contributed by atoms with E-state index in [1.807, 2.05) is 6.92 Å². The van der Waals surface area contributed by atoms with Crippen LogP contribution in [0.3, 0.4) is 0 Å². The van der Waals surface area contributed by atoms with Crippen LogP contribution < -0.4 is 0 Å². The zero-order valence-electron chi connectivity index (χ0n) is 14.1. The Morgan fingerprint density at radius 2 is 1.86 bits per heavy atom. The second kappa shape index (κ2) is 6.02. The van der Waals surface area contributed by atoms with Crippen molar-refractivity contribution in [2.45, 2.75) is 59.2 Å². The van der Waals surface area contributed by atoms with Crippen molar-refractivity contribution in [3.8, 4) is 0 Å². The molecule has 0 radical (unpaired) electrons. The highest BCUT2D eigenvalue weighted by atomic mass is 16.3. The highest BCUT2D eigenvalue weighted by molar-refractivity contribution is 5.21. The van der Waals surface area contributed by atoms with Gasteiger partial charge in [-0.1, -0.05) is 31.9 Å². The molecule has 0 heterocycles. The van der Waals surface area contributed by atoms with Crippen molar-refractivity contribution < 1.29 is 15.3 Å². The van der Waals surface area contributed by atoms with Gasteiger partial charge in [-0.15, -0.1) is 0 Å². The van der Waals surface area contributed by atoms with Crippen molar-refractivity contribution in [1.82, 2.24) is 0 Å². The smallest absolute Gasteiger partial charge is 0.0943 e. The molecule has 0 bridgehead atoms. The second-order valence-corrected chi connectivity index (χ2v) is 7.82. The lowest BCUT2D eigenvalue weighted by molar-refractivity contribution is -0.125. The van der Waals surface area contributed by atoms with Crippen LogP contribution in [0.4, 0.5) is 0 Å². The molecule has 3 N–H and O–H groups in total. The third-order valence-electron chi connectivity index (χ3n) is 6.39. The monoisotopic (exact) mass is 296 g/mol. The van der Waals surface area contributed by atoms with Gasteiger partial charge in [0.15, 0.2) is 0 Å². The van der Waals surface area contributed by atoms with Gasteiger partial charge >= 0.3 is 0 Å².